The Bertz CT molecular complexity index is 1100. The van der Waals surface area contributed by atoms with E-state index in [0.29, 0.717) is 22.7 Å². The zero-order valence-corrected chi connectivity index (χ0v) is 21.7. The molecule has 2 heterocycles. The molecule has 2 aliphatic heterocycles. The fourth-order valence-corrected chi connectivity index (χ4v) is 5.07. The van der Waals surface area contributed by atoms with E-state index in [1.165, 1.54) is 12.1 Å². The smallest absolute Gasteiger partial charge is 0.252 e. The molecule has 0 bridgehead atoms. The minimum atomic E-state index is -0.238. The van der Waals surface area contributed by atoms with Gasteiger partial charge >= 0.3 is 0 Å². The van der Waals surface area contributed by atoms with E-state index in [4.69, 9.17) is 11.6 Å². The quantitative estimate of drug-likeness (QED) is 0.593. The Hall–Kier alpha value is -2.74. The largest absolute Gasteiger partial charge is 0.349 e. The first-order valence-corrected chi connectivity index (χ1v) is 12.9. The van der Waals surface area contributed by atoms with Crippen LogP contribution in [0.25, 0.3) is 6.08 Å². The second-order valence-corrected chi connectivity index (χ2v) is 10.3. The van der Waals surface area contributed by atoms with Crippen LogP contribution in [-0.2, 0) is 11.3 Å². The van der Waals surface area contributed by atoms with Crippen molar-refractivity contribution in [2.75, 3.05) is 39.8 Å². The Morgan fingerprint density at radius 2 is 1.81 bits per heavy atom. The topological polar surface area (TPSA) is 55.9 Å². The van der Waals surface area contributed by atoms with Gasteiger partial charge in [0.25, 0.3) is 5.91 Å². The standard InChI is InChI=1S/C28H34ClFN4O2/c1-20-18-33(19-21-3-8-24(30)9-4-21)15-16-34(20)27(35)10-6-22-5-7-23(29)17-26(22)28(36)31-25-11-13-32(2)14-12-25/h3-10,17,20,25H,11-16,18-19H2,1-2H3,(H,31,36). The number of halogens is 2. The first-order chi connectivity index (χ1) is 17.3. The Morgan fingerprint density at radius 3 is 2.50 bits per heavy atom. The number of piperidine rings is 1. The second-order valence-electron chi connectivity index (χ2n) is 9.86. The average molecular weight is 513 g/mol. The summed E-state index contributed by atoms with van der Waals surface area (Å²) in [5.41, 5.74) is 2.19. The first kappa shape index (κ1) is 26.3. The lowest BCUT2D eigenvalue weighted by Crippen LogP contribution is -2.53. The molecule has 2 aliphatic rings. The van der Waals surface area contributed by atoms with Gasteiger partial charge < -0.3 is 15.1 Å². The van der Waals surface area contributed by atoms with Crippen molar-refractivity contribution in [3.05, 3.63) is 76.1 Å². The second kappa shape index (κ2) is 12.0. The molecule has 0 radical (unpaired) electrons. The summed E-state index contributed by atoms with van der Waals surface area (Å²) in [4.78, 5) is 32.4. The van der Waals surface area contributed by atoms with Gasteiger partial charge in [0.15, 0.2) is 0 Å². The molecule has 6 nitrogen and oxygen atoms in total. The number of amides is 2. The van der Waals surface area contributed by atoms with Gasteiger partial charge in [0, 0.05) is 54.9 Å². The number of hydrogen-bond donors (Lipinski definition) is 1. The lowest BCUT2D eigenvalue weighted by Gasteiger charge is -2.39. The van der Waals surface area contributed by atoms with Gasteiger partial charge in [-0.25, -0.2) is 4.39 Å². The van der Waals surface area contributed by atoms with E-state index in [2.05, 4.69) is 22.2 Å². The highest BCUT2D eigenvalue weighted by atomic mass is 35.5. The van der Waals surface area contributed by atoms with E-state index in [1.807, 2.05) is 11.8 Å². The van der Waals surface area contributed by atoms with Crippen LogP contribution in [0.4, 0.5) is 4.39 Å². The summed E-state index contributed by atoms with van der Waals surface area (Å²) in [5, 5.41) is 3.61. The molecule has 2 amide bonds. The summed E-state index contributed by atoms with van der Waals surface area (Å²) >= 11 is 6.20. The van der Waals surface area contributed by atoms with Crippen molar-refractivity contribution >= 4 is 29.5 Å². The molecule has 2 aromatic rings. The molecule has 1 unspecified atom stereocenters. The summed E-state index contributed by atoms with van der Waals surface area (Å²) in [7, 11) is 2.08. The zero-order chi connectivity index (χ0) is 25.7. The number of likely N-dealkylation sites (tertiary alicyclic amines) is 1. The van der Waals surface area contributed by atoms with Gasteiger partial charge in [0.05, 0.1) is 0 Å². The lowest BCUT2D eigenvalue weighted by molar-refractivity contribution is -0.130. The molecule has 1 atom stereocenters. The van der Waals surface area contributed by atoms with Gasteiger partial charge in [-0.15, -0.1) is 0 Å². The minimum absolute atomic E-state index is 0.0359. The van der Waals surface area contributed by atoms with Gasteiger partial charge in [0.2, 0.25) is 5.91 Å². The van der Waals surface area contributed by atoms with Crippen molar-refractivity contribution < 1.29 is 14.0 Å². The maximum absolute atomic E-state index is 13.2. The number of nitrogens with one attached hydrogen (secondary N) is 1. The molecule has 4 rings (SSSR count). The number of carbonyl (C=O) groups excluding carboxylic acids is 2. The summed E-state index contributed by atoms with van der Waals surface area (Å²) in [5.74, 6) is -0.486. The molecule has 2 saturated heterocycles. The monoisotopic (exact) mass is 512 g/mol. The number of nitrogens with zero attached hydrogens (tertiary/aromatic N) is 3. The fraction of sp³-hybridized carbons (Fsp3) is 0.429. The predicted molar refractivity (Wildman–Crippen MR) is 141 cm³/mol. The number of hydrogen-bond acceptors (Lipinski definition) is 4. The zero-order valence-electron chi connectivity index (χ0n) is 20.9. The molecule has 8 heteroatoms. The van der Waals surface area contributed by atoms with Crippen molar-refractivity contribution in [1.82, 2.24) is 20.0 Å². The highest BCUT2D eigenvalue weighted by molar-refractivity contribution is 6.31. The van der Waals surface area contributed by atoms with Crippen LogP contribution >= 0.6 is 11.6 Å². The van der Waals surface area contributed by atoms with Crippen LogP contribution in [-0.4, -0.2) is 78.4 Å². The Kier molecular flexibility index (Phi) is 8.77. The summed E-state index contributed by atoms with van der Waals surface area (Å²) in [6.45, 7) is 6.76. The van der Waals surface area contributed by atoms with Crippen LogP contribution in [0, 0.1) is 5.82 Å². The maximum Gasteiger partial charge on any atom is 0.252 e. The van der Waals surface area contributed by atoms with Crippen LogP contribution < -0.4 is 5.32 Å². The third-order valence-corrected chi connectivity index (χ3v) is 7.27. The third-order valence-electron chi connectivity index (χ3n) is 7.03. The molecule has 2 fully saturated rings. The Balaban J connectivity index is 1.37. The number of benzene rings is 2. The van der Waals surface area contributed by atoms with Crippen LogP contribution in [0.5, 0.6) is 0 Å². The maximum atomic E-state index is 13.2. The average Bonchev–Trinajstić information content (AvgIpc) is 2.86. The van der Waals surface area contributed by atoms with E-state index in [0.717, 1.165) is 51.1 Å². The van der Waals surface area contributed by atoms with Crippen molar-refractivity contribution in [1.29, 1.82) is 0 Å². The Morgan fingerprint density at radius 1 is 1.08 bits per heavy atom. The number of piperazine rings is 1. The van der Waals surface area contributed by atoms with Gasteiger partial charge in [-0.1, -0.05) is 29.8 Å². The van der Waals surface area contributed by atoms with E-state index in [9.17, 15) is 14.0 Å². The molecule has 2 aromatic carbocycles. The van der Waals surface area contributed by atoms with Crippen molar-refractivity contribution in [2.45, 2.75) is 38.4 Å². The molecule has 36 heavy (non-hydrogen) atoms. The molecule has 0 spiro atoms. The fourth-order valence-electron chi connectivity index (χ4n) is 4.90. The Labute approximate surface area is 217 Å². The summed E-state index contributed by atoms with van der Waals surface area (Å²) in [6, 6.07) is 11.9. The summed E-state index contributed by atoms with van der Waals surface area (Å²) in [6.07, 6.45) is 5.08. The molecule has 0 aliphatic carbocycles. The summed E-state index contributed by atoms with van der Waals surface area (Å²) < 4.78 is 13.2. The van der Waals surface area contributed by atoms with Gasteiger partial charge in [-0.3, -0.25) is 14.5 Å². The van der Waals surface area contributed by atoms with Crippen molar-refractivity contribution in [2.24, 2.45) is 0 Å². The highest BCUT2D eigenvalue weighted by Gasteiger charge is 2.26. The highest BCUT2D eigenvalue weighted by Crippen LogP contribution is 2.20. The van der Waals surface area contributed by atoms with E-state index >= 15 is 0 Å². The molecular formula is C28H34ClFN4O2. The van der Waals surface area contributed by atoms with E-state index in [-0.39, 0.29) is 29.7 Å². The van der Waals surface area contributed by atoms with Gasteiger partial charge in [-0.05, 0) is 81.4 Å². The molecule has 1 N–H and O–H groups in total. The van der Waals surface area contributed by atoms with Crippen LogP contribution in [0.1, 0.15) is 41.3 Å². The van der Waals surface area contributed by atoms with Crippen LogP contribution in [0.15, 0.2) is 48.5 Å². The number of carbonyl (C=O) groups is 2. The number of rotatable bonds is 6. The van der Waals surface area contributed by atoms with Crippen molar-refractivity contribution in [3.8, 4) is 0 Å². The SMILES string of the molecule is CC1CN(Cc2ccc(F)cc2)CCN1C(=O)C=Cc1ccc(Cl)cc1C(=O)NC1CCN(C)CC1. The normalized spacial score (nSPS) is 20.1. The van der Waals surface area contributed by atoms with Crippen LogP contribution in [0.2, 0.25) is 5.02 Å². The third kappa shape index (κ3) is 6.93. The lowest BCUT2D eigenvalue weighted by atomic mass is 10.0. The molecule has 192 valence electrons. The minimum Gasteiger partial charge on any atom is -0.349 e. The van der Waals surface area contributed by atoms with Crippen LogP contribution in [0.3, 0.4) is 0 Å². The van der Waals surface area contributed by atoms with Gasteiger partial charge in [0.1, 0.15) is 5.82 Å². The molecule has 0 aromatic heterocycles. The first-order valence-electron chi connectivity index (χ1n) is 12.5. The van der Waals surface area contributed by atoms with E-state index in [1.54, 1.807) is 42.5 Å². The molecular weight excluding hydrogens is 479 g/mol. The van der Waals surface area contributed by atoms with Gasteiger partial charge in [-0.2, -0.15) is 0 Å². The predicted octanol–water partition coefficient (Wildman–Crippen LogP) is 4.05. The van der Waals surface area contributed by atoms with Crippen molar-refractivity contribution in [3.63, 3.8) is 0 Å². The van der Waals surface area contributed by atoms with E-state index < -0.39 is 0 Å². The molecule has 0 saturated carbocycles.